The lowest BCUT2D eigenvalue weighted by atomic mass is 10.3. The van der Waals surface area contributed by atoms with Crippen molar-refractivity contribution in [3.05, 3.63) is 12.4 Å². The van der Waals surface area contributed by atoms with Crippen molar-refractivity contribution < 1.29 is 5.11 Å². The maximum Gasteiger partial charge on any atom is 0.134 e. The van der Waals surface area contributed by atoms with Crippen molar-refractivity contribution >= 4 is 11.6 Å². The van der Waals surface area contributed by atoms with Crippen LogP contribution in [0.4, 0.5) is 11.6 Å². The van der Waals surface area contributed by atoms with Crippen molar-refractivity contribution in [2.24, 2.45) is 0 Å². The molecule has 0 aliphatic carbocycles. The van der Waals surface area contributed by atoms with Crippen LogP contribution in [0.15, 0.2) is 12.4 Å². The molecule has 0 saturated heterocycles. The van der Waals surface area contributed by atoms with E-state index in [0.717, 1.165) is 24.6 Å². The van der Waals surface area contributed by atoms with Gasteiger partial charge < -0.3 is 15.3 Å². The zero-order valence-corrected chi connectivity index (χ0v) is 10.1. The topological polar surface area (TPSA) is 61.3 Å². The standard InChI is InChI=1S/C11H20N4O/c1-9(2)15(5-4-6-16)11-7-10(12-3)13-8-14-11/h7-9,16H,4-6H2,1-3H3,(H,12,13,14). The van der Waals surface area contributed by atoms with Crippen LogP contribution in [-0.2, 0) is 0 Å². The Hall–Kier alpha value is -1.36. The van der Waals surface area contributed by atoms with Gasteiger partial charge in [-0.25, -0.2) is 9.97 Å². The molecule has 0 unspecified atom stereocenters. The Morgan fingerprint density at radius 2 is 2.19 bits per heavy atom. The van der Waals surface area contributed by atoms with Crippen molar-refractivity contribution in [2.75, 3.05) is 30.4 Å². The van der Waals surface area contributed by atoms with Gasteiger partial charge in [0.1, 0.15) is 18.0 Å². The highest BCUT2D eigenvalue weighted by Crippen LogP contribution is 2.16. The largest absolute Gasteiger partial charge is 0.396 e. The third-order valence-electron chi connectivity index (χ3n) is 2.38. The van der Waals surface area contributed by atoms with E-state index in [1.54, 1.807) is 6.33 Å². The molecule has 90 valence electrons. The van der Waals surface area contributed by atoms with E-state index < -0.39 is 0 Å². The van der Waals surface area contributed by atoms with Crippen LogP contribution in [0, 0.1) is 0 Å². The number of aliphatic hydroxyl groups excluding tert-OH is 1. The molecule has 0 spiro atoms. The minimum Gasteiger partial charge on any atom is -0.396 e. The summed E-state index contributed by atoms with van der Waals surface area (Å²) in [5.74, 6) is 1.70. The Bertz CT molecular complexity index is 317. The second-order valence-corrected chi connectivity index (χ2v) is 3.88. The molecule has 0 saturated carbocycles. The molecular weight excluding hydrogens is 204 g/mol. The molecule has 5 nitrogen and oxygen atoms in total. The van der Waals surface area contributed by atoms with Crippen LogP contribution >= 0.6 is 0 Å². The van der Waals surface area contributed by atoms with E-state index >= 15 is 0 Å². The second-order valence-electron chi connectivity index (χ2n) is 3.88. The number of hydrogen-bond donors (Lipinski definition) is 2. The molecule has 0 aliphatic rings. The third kappa shape index (κ3) is 3.34. The van der Waals surface area contributed by atoms with E-state index in [2.05, 4.69) is 34.0 Å². The number of anilines is 2. The summed E-state index contributed by atoms with van der Waals surface area (Å²) >= 11 is 0. The Labute approximate surface area is 96.5 Å². The molecule has 0 fully saturated rings. The van der Waals surface area contributed by atoms with Crippen LogP contribution < -0.4 is 10.2 Å². The zero-order valence-electron chi connectivity index (χ0n) is 10.1. The van der Waals surface area contributed by atoms with Crippen LogP contribution in [0.1, 0.15) is 20.3 Å². The summed E-state index contributed by atoms with van der Waals surface area (Å²) < 4.78 is 0. The molecule has 0 aliphatic heterocycles. The molecule has 2 N–H and O–H groups in total. The summed E-state index contributed by atoms with van der Waals surface area (Å²) in [7, 11) is 1.83. The van der Waals surface area contributed by atoms with Crippen LogP contribution in [0.3, 0.4) is 0 Å². The van der Waals surface area contributed by atoms with Crippen molar-refractivity contribution in [1.29, 1.82) is 0 Å². The highest BCUT2D eigenvalue weighted by molar-refractivity contribution is 5.48. The van der Waals surface area contributed by atoms with E-state index in [4.69, 9.17) is 5.11 Å². The molecule has 0 radical (unpaired) electrons. The first-order valence-electron chi connectivity index (χ1n) is 5.56. The fraction of sp³-hybridized carbons (Fsp3) is 0.636. The minimum atomic E-state index is 0.202. The van der Waals surface area contributed by atoms with E-state index in [-0.39, 0.29) is 6.61 Å². The fourth-order valence-electron chi connectivity index (χ4n) is 1.52. The lowest BCUT2D eigenvalue weighted by molar-refractivity contribution is 0.288. The average molecular weight is 224 g/mol. The Balaban J connectivity index is 2.82. The molecule has 0 amide bonds. The summed E-state index contributed by atoms with van der Waals surface area (Å²) in [6.07, 6.45) is 2.30. The van der Waals surface area contributed by atoms with Gasteiger partial charge in [0.2, 0.25) is 0 Å². The number of rotatable bonds is 6. The van der Waals surface area contributed by atoms with Gasteiger partial charge in [-0.05, 0) is 20.3 Å². The predicted molar refractivity (Wildman–Crippen MR) is 65.8 cm³/mol. The molecular formula is C11H20N4O. The SMILES string of the molecule is CNc1cc(N(CCCO)C(C)C)ncn1. The number of aromatic nitrogens is 2. The predicted octanol–water partition coefficient (Wildman–Crippen LogP) is 1.12. The third-order valence-corrected chi connectivity index (χ3v) is 2.38. The summed E-state index contributed by atoms with van der Waals surface area (Å²) in [6, 6.07) is 2.27. The molecule has 1 rings (SSSR count). The van der Waals surface area contributed by atoms with E-state index in [0.29, 0.717) is 6.04 Å². The summed E-state index contributed by atoms with van der Waals surface area (Å²) in [6.45, 7) is 5.22. The highest BCUT2D eigenvalue weighted by Gasteiger charge is 2.11. The number of aliphatic hydroxyl groups is 1. The average Bonchev–Trinajstić information content (AvgIpc) is 2.29. The molecule has 0 atom stereocenters. The normalized spacial score (nSPS) is 10.6. The van der Waals surface area contributed by atoms with Crippen molar-refractivity contribution in [1.82, 2.24) is 9.97 Å². The van der Waals surface area contributed by atoms with Gasteiger partial charge in [0, 0.05) is 32.3 Å². The smallest absolute Gasteiger partial charge is 0.134 e. The van der Waals surface area contributed by atoms with Gasteiger partial charge in [-0.2, -0.15) is 0 Å². The van der Waals surface area contributed by atoms with Gasteiger partial charge in [-0.15, -0.1) is 0 Å². The van der Waals surface area contributed by atoms with Crippen LogP contribution in [0.2, 0.25) is 0 Å². The quantitative estimate of drug-likeness (QED) is 0.758. The number of nitrogens with one attached hydrogen (secondary N) is 1. The van der Waals surface area contributed by atoms with Gasteiger partial charge in [0.05, 0.1) is 0 Å². The second kappa shape index (κ2) is 6.27. The summed E-state index contributed by atoms with van der Waals surface area (Å²) in [5, 5.41) is 11.9. The Morgan fingerprint density at radius 3 is 2.75 bits per heavy atom. The summed E-state index contributed by atoms with van der Waals surface area (Å²) in [5.41, 5.74) is 0. The maximum atomic E-state index is 8.87. The molecule has 1 aromatic rings. The number of hydrogen-bond acceptors (Lipinski definition) is 5. The first-order chi connectivity index (χ1) is 7.69. The Morgan fingerprint density at radius 1 is 1.44 bits per heavy atom. The monoisotopic (exact) mass is 224 g/mol. The van der Waals surface area contributed by atoms with Crippen molar-refractivity contribution in [3.8, 4) is 0 Å². The van der Waals surface area contributed by atoms with Crippen LogP contribution in [0.5, 0.6) is 0 Å². The minimum absolute atomic E-state index is 0.202. The van der Waals surface area contributed by atoms with Gasteiger partial charge in [0.15, 0.2) is 0 Å². The van der Waals surface area contributed by atoms with E-state index in [9.17, 15) is 0 Å². The van der Waals surface area contributed by atoms with Crippen molar-refractivity contribution in [3.63, 3.8) is 0 Å². The zero-order chi connectivity index (χ0) is 12.0. The van der Waals surface area contributed by atoms with E-state index in [1.165, 1.54) is 0 Å². The van der Waals surface area contributed by atoms with Gasteiger partial charge in [0.25, 0.3) is 0 Å². The van der Waals surface area contributed by atoms with Crippen LogP contribution in [0.25, 0.3) is 0 Å². The molecule has 0 aromatic carbocycles. The molecule has 1 heterocycles. The van der Waals surface area contributed by atoms with Gasteiger partial charge in [-0.3, -0.25) is 0 Å². The lowest BCUT2D eigenvalue weighted by Crippen LogP contribution is -2.33. The lowest BCUT2D eigenvalue weighted by Gasteiger charge is -2.27. The first kappa shape index (κ1) is 12.7. The molecule has 16 heavy (non-hydrogen) atoms. The Kier molecular flexibility index (Phi) is 4.98. The highest BCUT2D eigenvalue weighted by atomic mass is 16.3. The maximum absolute atomic E-state index is 8.87. The van der Waals surface area contributed by atoms with Crippen LogP contribution in [-0.4, -0.2) is 41.3 Å². The first-order valence-corrected chi connectivity index (χ1v) is 5.56. The molecule has 0 bridgehead atoms. The van der Waals surface area contributed by atoms with E-state index in [1.807, 2.05) is 13.1 Å². The number of nitrogens with zero attached hydrogens (tertiary/aromatic N) is 3. The molecule has 1 aromatic heterocycles. The fourth-order valence-corrected chi connectivity index (χ4v) is 1.52. The molecule has 5 heteroatoms. The summed E-state index contributed by atoms with van der Waals surface area (Å²) in [4.78, 5) is 10.5. The van der Waals surface area contributed by atoms with Gasteiger partial charge >= 0.3 is 0 Å². The van der Waals surface area contributed by atoms with Gasteiger partial charge in [-0.1, -0.05) is 0 Å². The van der Waals surface area contributed by atoms with Crippen molar-refractivity contribution in [2.45, 2.75) is 26.3 Å².